The van der Waals surface area contributed by atoms with Gasteiger partial charge in [0.1, 0.15) is 0 Å². The molecule has 1 heterocycles. The monoisotopic (exact) mass is 224 g/mol. The zero-order valence-electron chi connectivity index (χ0n) is 10.2. The minimum Gasteiger partial charge on any atom is -0.406 e. The molecule has 2 N–H and O–H groups in total. The van der Waals surface area contributed by atoms with E-state index < -0.39 is 0 Å². The van der Waals surface area contributed by atoms with Crippen molar-refractivity contribution in [1.29, 1.82) is 0 Å². The summed E-state index contributed by atoms with van der Waals surface area (Å²) in [6, 6.07) is 1.18. The Morgan fingerprint density at radius 2 is 2.19 bits per heavy atom. The van der Waals surface area contributed by atoms with Gasteiger partial charge in [0.25, 0.3) is 0 Å². The van der Waals surface area contributed by atoms with E-state index in [1.54, 1.807) is 0 Å². The van der Waals surface area contributed by atoms with E-state index in [-0.39, 0.29) is 6.04 Å². The minimum atomic E-state index is 0.119. The summed E-state index contributed by atoms with van der Waals surface area (Å²) in [5.41, 5.74) is 0. The van der Waals surface area contributed by atoms with Crippen LogP contribution in [0.25, 0.3) is 0 Å². The molecule has 0 amide bonds. The van der Waals surface area contributed by atoms with E-state index in [9.17, 15) is 0 Å². The summed E-state index contributed by atoms with van der Waals surface area (Å²) >= 11 is 0. The van der Waals surface area contributed by atoms with Crippen LogP contribution in [0.15, 0.2) is 4.42 Å². The van der Waals surface area contributed by atoms with E-state index in [1.807, 2.05) is 6.92 Å². The molecule has 0 aliphatic heterocycles. The number of anilines is 1. The summed E-state index contributed by atoms with van der Waals surface area (Å²) in [5, 5.41) is 14.5. The van der Waals surface area contributed by atoms with E-state index >= 15 is 0 Å². The largest absolute Gasteiger partial charge is 0.406 e. The highest BCUT2D eigenvalue weighted by molar-refractivity contribution is 5.21. The first kappa shape index (κ1) is 11.4. The summed E-state index contributed by atoms with van der Waals surface area (Å²) in [7, 11) is 0. The fraction of sp³-hybridized carbons (Fsp3) is 0.818. The van der Waals surface area contributed by atoms with Gasteiger partial charge in [-0.2, -0.15) is 0 Å². The van der Waals surface area contributed by atoms with E-state index in [1.165, 1.54) is 12.8 Å². The Kier molecular flexibility index (Phi) is 3.43. The topological polar surface area (TPSA) is 63.0 Å². The Balaban J connectivity index is 1.87. The van der Waals surface area contributed by atoms with E-state index in [2.05, 4.69) is 34.7 Å². The van der Waals surface area contributed by atoms with Crippen LogP contribution in [0.2, 0.25) is 0 Å². The summed E-state index contributed by atoms with van der Waals surface area (Å²) < 4.78 is 5.54. The standard InChI is InChI=1S/C11H20N4O/c1-4-12-8(3)10-14-15-11(16-10)13-9-5-7(2)6-9/h7-9,12H,4-6H2,1-3H3,(H,13,15). The molecule has 0 aromatic carbocycles. The lowest BCUT2D eigenvalue weighted by Crippen LogP contribution is -2.33. The summed E-state index contributed by atoms with van der Waals surface area (Å²) in [4.78, 5) is 0. The first-order valence-electron chi connectivity index (χ1n) is 6.02. The smallest absolute Gasteiger partial charge is 0.315 e. The second-order valence-electron chi connectivity index (χ2n) is 4.64. The van der Waals surface area contributed by atoms with Crippen molar-refractivity contribution in [2.45, 2.75) is 45.7 Å². The van der Waals surface area contributed by atoms with Crippen LogP contribution < -0.4 is 10.6 Å². The molecule has 0 saturated heterocycles. The van der Waals surface area contributed by atoms with E-state index in [0.717, 1.165) is 12.5 Å². The lowest BCUT2D eigenvalue weighted by Gasteiger charge is -2.32. The molecule has 2 rings (SSSR count). The van der Waals surface area contributed by atoms with Gasteiger partial charge in [0.05, 0.1) is 6.04 Å². The molecule has 1 aromatic rings. The predicted molar refractivity (Wildman–Crippen MR) is 62.2 cm³/mol. The van der Waals surface area contributed by atoms with Crippen molar-refractivity contribution in [3.8, 4) is 0 Å². The SMILES string of the molecule is CCNC(C)c1nnc(NC2CC(C)C2)o1. The molecule has 5 heteroatoms. The molecule has 0 spiro atoms. The van der Waals surface area contributed by atoms with Crippen LogP contribution >= 0.6 is 0 Å². The molecule has 5 nitrogen and oxygen atoms in total. The predicted octanol–water partition coefficient (Wildman–Crippen LogP) is 1.95. The van der Waals surface area contributed by atoms with E-state index in [4.69, 9.17) is 4.42 Å². The van der Waals surface area contributed by atoms with Gasteiger partial charge in [-0.25, -0.2) is 0 Å². The molecule has 90 valence electrons. The fourth-order valence-corrected chi connectivity index (χ4v) is 2.06. The van der Waals surface area contributed by atoms with Crippen molar-refractivity contribution in [1.82, 2.24) is 15.5 Å². The van der Waals surface area contributed by atoms with Crippen LogP contribution in [0.5, 0.6) is 0 Å². The van der Waals surface area contributed by atoms with Gasteiger partial charge in [0, 0.05) is 6.04 Å². The molecular formula is C11H20N4O. The number of nitrogens with one attached hydrogen (secondary N) is 2. The number of rotatable bonds is 5. The lowest BCUT2D eigenvalue weighted by atomic mass is 9.82. The van der Waals surface area contributed by atoms with Crippen molar-refractivity contribution >= 4 is 6.01 Å². The summed E-state index contributed by atoms with van der Waals surface area (Å²) in [5.74, 6) is 1.47. The molecule has 16 heavy (non-hydrogen) atoms. The van der Waals surface area contributed by atoms with Gasteiger partial charge in [-0.05, 0) is 32.2 Å². The van der Waals surface area contributed by atoms with E-state index in [0.29, 0.717) is 17.9 Å². The van der Waals surface area contributed by atoms with Gasteiger partial charge in [-0.1, -0.05) is 18.9 Å². The molecule has 1 unspecified atom stereocenters. The highest BCUT2D eigenvalue weighted by Crippen LogP contribution is 2.29. The van der Waals surface area contributed by atoms with Gasteiger partial charge < -0.3 is 15.1 Å². The minimum absolute atomic E-state index is 0.119. The molecule has 1 aromatic heterocycles. The van der Waals surface area contributed by atoms with Crippen LogP contribution in [-0.2, 0) is 0 Å². The number of hydrogen-bond acceptors (Lipinski definition) is 5. The van der Waals surface area contributed by atoms with Crippen molar-refractivity contribution in [3.63, 3.8) is 0 Å². The first-order valence-corrected chi connectivity index (χ1v) is 6.02. The fourth-order valence-electron chi connectivity index (χ4n) is 2.06. The maximum absolute atomic E-state index is 5.54. The van der Waals surface area contributed by atoms with Crippen molar-refractivity contribution in [2.75, 3.05) is 11.9 Å². The third-order valence-corrected chi connectivity index (χ3v) is 3.02. The molecule has 1 saturated carbocycles. The zero-order valence-corrected chi connectivity index (χ0v) is 10.2. The average Bonchev–Trinajstić information content (AvgIpc) is 2.64. The lowest BCUT2D eigenvalue weighted by molar-refractivity contribution is 0.302. The number of nitrogens with zero attached hydrogens (tertiary/aromatic N) is 2. The average molecular weight is 224 g/mol. The third kappa shape index (κ3) is 2.52. The van der Waals surface area contributed by atoms with Crippen LogP contribution in [0.1, 0.15) is 45.5 Å². The molecule has 0 radical (unpaired) electrons. The molecule has 1 atom stereocenters. The van der Waals surface area contributed by atoms with Crippen LogP contribution in [-0.4, -0.2) is 22.8 Å². The van der Waals surface area contributed by atoms with Crippen molar-refractivity contribution in [2.24, 2.45) is 5.92 Å². The normalized spacial score (nSPS) is 26.2. The highest BCUT2D eigenvalue weighted by atomic mass is 16.4. The van der Waals surface area contributed by atoms with Gasteiger partial charge in [-0.15, -0.1) is 5.10 Å². The van der Waals surface area contributed by atoms with Gasteiger partial charge in [-0.3, -0.25) is 0 Å². The van der Waals surface area contributed by atoms with Crippen LogP contribution in [0.3, 0.4) is 0 Å². The van der Waals surface area contributed by atoms with Crippen molar-refractivity contribution in [3.05, 3.63) is 5.89 Å². The molecule has 0 bridgehead atoms. The maximum Gasteiger partial charge on any atom is 0.315 e. The first-order chi connectivity index (χ1) is 7.69. The van der Waals surface area contributed by atoms with Crippen LogP contribution in [0.4, 0.5) is 6.01 Å². The maximum atomic E-state index is 5.54. The van der Waals surface area contributed by atoms with Gasteiger partial charge >= 0.3 is 6.01 Å². The second kappa shape index (κ2) is 4.82. The zero-order chi connectivity index (χ0) is 11.5. The number of hydrogen-bond donors (Lipinski definition) is 2. The molecule has 1 aliphatic rings. The Bertz CT molecular complexity index is 332. The van der Waals surface area contributed by atoms with Crippen LogP contribution in [0, 0.1) is 5.92 Å². The number of aromatic nitrogens is 2. The Morgan fingerprint density at radius 3 is 2.81 bits per heavy atom. The quantitative estimate of drug-likeness (QED) is 0.800. The second-order valence-corrected chi connectivity index (χ2v) is 4.64. The Morgan fingerprint density at radius 1 is 1.44 bits per heavy atom. The molecule has 1 aliphatic carbocycles. The molecular weight excluding hydrogens is 204 g/mol. The van der Waals surface area contributed by atoms with Gasteiger partial charge in [0.15, 0.2) is 0 Å². The third-order valence-electron chi connectivity index (χ3n) is 3.02. The Hall–Kier alpha value is -1.10. The van der Waals surface area contributed by atoms with Crippen molar-refractivity contribution < 1.29 is 4.42 Å². The summed E-state index contributed by atoms with van der Waals surface area (Å²) in [6.07, 6.45) is 2.39. The summed E-state index contributed by atoms with van der Waals surface area (Å²) in [6.45, 7) is 7.23. The molecule has 1 fully saturated rings. The highest BCUT2D eigenvalue weighted by Gasteiger charge is 2.26. The van der Waals surface area contributed by atoms with Gasteiger partial charge in [0.2, 0.25) is 5.89 Å². The Labute approximate surface area is 96.0 Å².